The van der Waals surface area contributed by atoms with E-state index in [9.17, 15) is 15.3 Å². The van der Waals surface area contributed by atoms with Gasteiger partial charge >= 0.3 is 0 Å². The molecular weight excluding hydrogens is 318 g/mol. The summed E-state index contributed by atoms with van der Waals surface area (Å²) in [4.78, 5) is 3.27. The van der Waals surface area contributed by atoms with E-state index < -0.39 is 6.10 Å². The van der Waals surface area contributed by atoms with Crippen molar-refractivity contribution in [2.24, 2.45) is 0 Å². The third-order valence-corrected chi connectivity index (χ3v) is 4.77. The monoisotopic (exact) mass is 337 g/mol. The largest absolute Gasteiger partial charge is 0.508 e. The summed E-state index contributed by atoms with van der Waals surface area (Å²) in [5, 5.41) is 31.2. The minimum Gasteiger partial charge on any atom is -0.508 e. The lowest BCUT2D eigenvalue weighted by atomic mass is 9.88. The van der Waals surface area contributed by atoms with Crippen molar-refractivity contribution in [1.82, 2.24) is 4.98 Å². The maximum absolute atomic E-state index is 10.8. The summed E-state index contributed by atoms with van der Waals surface area (Å²) in [5.41, 5.74) is 4.51. The Bertz CT molecular complexity index is 987. The minimum absolute atomic E-state index is 0.0894. The second-order valence-electron chi connectivity index (χ2n) is 6.30. The average Bonchev–Trinajstić information content (AvgIpc) is 2.97. The highest BCUT2D eigenvalue weighted by Gasteiger charge is 2.26. The highest BCUT2D eigenvalue weighted by molar-refractivity contribution is 5.87. The van der Waals surface area contributed by atoms with Crippen LogP contribution in [0.25, 0.3) is 17.0 Å². The van der Waals surface area contributed by atoms with Gasteiger partial charge in [0, 0.05) is 10.9 Å². The third-order valence-electron chi connectivity index (χ3n) is 4.77. The van der Waals surface area contributed by atoms with Crippen molar-refractivity contribution in [2.75, 3.05) is 7.11 Å². The van der Waals surface area contributed by atoms with Crippen molar-refractivity contribution in [1.29, 1.82) is 0 Å². The van der Waals surface area contributed by atoms with Crippen LogP contribution in [0.3, 0.4) is 0 Å². The SMILES string of the molecule is COc1cc(/C=C2\CCc3c([nH]c4ccc(O)cc34)C2O)ccc1O. The van der Waals surface area contributed by atoms with Crippen LogP contribution in [0.2, 0.25) is 0 Å². The van der Waals surface area contributed by atoms with Gasteiger partial charge < -0.3 is 25.0 Å². The third kappa shape index (κ3) is 2.62. The van der Waals surface area contributed by atoms with E-state index in [-0.39, 0.29) is 11.5 Å². The molecule has 0 aliphatic heterocycles. The molecule has 0 saturated heterocycles. The Morgan fingerprint density at radius 3 is 2.76 bits per heavy atom. The van der Waals surface area contributed by atoms with Crippen molar-refractivity contribution in [3.63, 3.8) is 0 Å². The number of fused-ring (bicyclic) bond motifs is 3. The van der Waals surface area contributed by atoms with Crippen molar-refractivity contribution >= 4 is 17.0 Å². The highest BCUT2D eigenvalue weighted by Crippen LogP contribution is 2.39. The van der Waals surface area contributed by atoms with Gasteiger partial charge in [0.25, 0.3) is 0 Å². The van der Waals surface area contributed by atoms with E-state index in [0.29, 0.717) is 5.75 Å². The maximum atomic E-state index is 10.8. The van der Waals surface area contributed by atoms with E-state index in [0.717, 1.165) is 46.1 Å². The smallest absolute Gasteiger partial charge is 0.161 e. The van der Waals surface area contributed by atoms with Gasteiger partial charge in [-0.2, -0.15) is 0 Å². The van der Waals surface area contributed by atoms with E-state index in [1.165, 1.54) is 7.11 Å². The topological polar surface area (TPSA) is 85.7 Å². The normalized spacial score (nSPS) is 18.5. The molecule has 5 nitrogen and oxygen atoms in total. The molecule has 0 fully saturated rings. The van der Waals surface area contributed by atoms with Crippen molar-refractivity contribution in [2.45, 2.75) is 18.9 Å². The lowest BCUT2D eigenvalue weighted by Crippen LogP contribution is -2.11. The summed E-state index contributed by atoms with van der Waals surface area (Å²) < 4.78 is 5.14. The number of aromatic amines is 1. The van der Waals surface area contributed by atoms with E-state index in [1.54, 1.807) is 30.3 Å². The fourth-order valence-corrected chi connectivity index (χ4v) is 3.50. The Balaban J connectivity index is 1.74. The fourth-order valence-electron chi connectivity index (χ4n) is 3.50. The van der Waals surface area contributed by atoms with Gasteiger partial charge in [-0.05, 0) is 59.9 Å². The molecule has 1 atom stereocenters. The second kappa shape index (κ2) is 5.86. The Kier molecular flexibility index (Phi) is 3.66. The van der Waals surface area contributed by atoms with Gasteiger partial charge in [-0.3, -0.25) is 0 Å². The number of H-pyrrole nitrogens is 1. The first kappa shape index (κ1) is 15.6. The summed E-state index contributed by atoms with van der Waals surface area (Å²) in [6.45, 7) is 0. The van der Waals surface area contributed by atoms with Crippen LogP contribution in [0.4, 0.5) is 0 Å². The Hall–Kier alpha value is -2.92. The molecule has 4 rings (SSSR count). The van der Waals surface area contributed by atoms with Gasteiger partial charge in [0.05, 0.1) is 12.8 Å². The van der Waals surface area contributed by atoms with E-state index >= 15 is 0 Å². The number of nitrogens with one attached hydrogen (secondary N) is 1. The first-order valence-corrected chi connectivity index (χ1v) is 8.16. The molecule has 1 aromatic heterocycles. The number of phenols is 2. The molecular formula is C20H19NO4. The van der Waals surface area contributed by atoms with Gasteiger partial charge in [-0.25, -0.2) is 0 Å². The molecule has 1 unspecified atom stereocenters. The number of hydrogen-bond acceptors (Lipinski definition) is 4. The van der Waals surface area contributed by atoms with Gasteiger partial charge in [-0.15, -0.1) is 0 Å². The Morgan fingerprint density at radius 1 is 1.12 bits per heavy atom. The van der Waals surface area contributed by atoms with Crippen LogP contribution in [-0.4, -0.2) is 27.4 Å². The molecule has 1 aliphatic carbocycles. The van der Waals surface area contributed by atoms with Crippen molar-refractivity contribution in [3.05, 3.63) is 58.8 Å². The zero-order valence-electron chi connectivity index (χ0n) is 13.8. The second-order valence-corrected chi connectivity index (χ2v) is 6.30. The molecule has 25 heavy (non-hydrogen) atoms. The van der Waals surface area contributed by atoms with E-state index in [2.05, 4.69) is 4.98 Å². The molecule has 4 N–H and O–H groups in total. The molecule has 128 valence electrons. The fraction of sp³-hybridized carbons (Fsp3) is 0.200. The molecule has 3 aromatic rings. The lowest BCUT2D eigenvalue weighted by Gasteiger charge is -2.22. The van der Waals surface area contributed by atoms with Crippen LogP contribution in [0, 0.1) is 0 Å². The summed E-state index contributed by atoms with van der Waals surface area (Å²) >= 11 is 0. The van der Waals surface area contributed by atoms with Crippen LogP contribution < -0.4 is 4.74 Å². The van der Waals surface area contributed by atoms with Crippen LogP contribution in [0.5, 0.6) is 17.2 Å². The van der Waals surface area contributed by atoms with Gasteiger partial charge in [0.2, 0.25) is 0 Å². The quantitative estimate of drug-likeness (QED) is 0.575. The zero-order valence-corrected chi connectivity index (χ0v) is 13.8. The minimum atomic E-state index is -0.724. The number of methoxy groups -OCH3 is 1. The predicted octanol–water partition coefficient (Wildman–Crippen LogP) is 3.65. The summed E-state index contributed by atoms with van der Waals surface area (Å²) in [6.07, 6.45) is 2.72. The van der Waals surface area contributed by atoms with Crippen molar-refractivity contribution < 1.29 is 20.1 Å². The standard InChI is InChI=1S/C20H19NO4/c1-25-18-9-11(2-7-17(18)23)8-12-3-5-14-15-10-13(22)4-6-16(15)21-19(14)20(12)24/h2,4,6-10,20-24H,3,5H2,1H3/b12-8+. The average molecular weight is 337 g/mol. The summed E-state index contributed by atoms with van der Waals surface area (Å²) in [5.74, 6) is 0.717. The molecule has 2 aromatic carbocycles. The zero-order chi connectivity index (χ0) is 17.6. The molecule has 0 spiro atoms. The maximum Gasteiger partial charge on any atom is 0.161 e. The molecule has 1 aliphatic rings. The molecule has 0 bridgehead atoms. The number of ether oxygens (including phenoxy) is 1. The molecule has 0 amide bonds. The van der Waals surface area contributed by atoms with Crippen molar-refractivity contribution in [3.8, 4) is 17.2 Å². The Morgan fingerprint density at radius 2 is 1.96 bits per heavy atom. The first-order valence-electron chi connectivity index (χ1n) is 8.16. The van der Waals surface area contributed by atoms with Crippen LogP contribution >= 0.6 is 0 Å². The highest BCUT2D eigenvalue weighted by atomic mass is 16.5. The van der Waals surface area contributed by atoms with Gasteiger partial charge in [0.15, 0.2) is 11.5 Å². The lowest BCUT2D eigenvalue weighted by molar-refractivity contribution is 0.202. The van der Waals surface area contributed by atoms with E-state index in [4.69, 9.17) is 4.74 Å². The van der Waals surface area contributed by atoms with Crippen LogP contribution in [0.15, 0.2) is 42.0 Å². The number of aromatic hydroxyl groups is 2. The molecule has 1 heterocycles. The number of benzene rings is 2. The summed E-state index contributed by atoms with van der Waals surface area (Å²) in [6, 6.07) is 10.3. The summed E-state index contributed by atoms with van der Waals surface area (Å²) in [7, 11) is 1.51. The Labute approximate surface area is 144 Å². The molecule has 5 heteroatoms. The number of aryl methyl sites for hydroxylation is 1. The van der Waals surface area contributed by atoms with Crippen LogP contribution in [-0.2, 0) is 6.42 Å². The number of aliphatic hydroxyl groups excluding tert-OH is 1. The number of aliphatic hydroxyl groups is 1. The number of rotatable bonds is 2. The first-order chi connectivity index (χ1) is 12.1. The number of hydrogen-bond donors (Lipinski definition) is 4. The number of phenolic OH excluding ortho intramolecular Hbond substituents is 2. The molecule has 0 saturated carbocycles. The predicted molar refractivity (Wildman–Crippen MR) is 95.9 cm³/mol. The number of aromatic nitrogens is 1. The van der Waals surface area contributed by atoms with Gasteiger partial charge in [-0.1, -0.05) is 12.1 Å². The van der Waals surface area contributed by atoms with Gasteiger partial charge in [0.1, 0.15) is 11.9 Å². The molecule has 0 radical (unpaired) electrons. The van der Waals surface area contributed by atoms with E-state index in [1.807, 2.05) is 12.1 Å². The van der Waals surface area contributed by atoms with Crippen LogP contribution in [0.1, 0.15) is 29.3 Å².